The maximum Gasteiger partial charge on any atom is 0.300 e. The minimum absolute atomic E-state index is 0.404. The fraction of sp³-hybridized carbons (Fsp3) is 0.143. The van der Waals surface area contributed by atoms with Crippen LogP contribution in [-0.4, -0.2) is 10.2 Å². The molecule has 0 radical (unpaired) electrons. The number of nitrogens with two attached hydrogens (primary N) is 2. The van der Waals surface area contributed by atoms with E-state index in [0.29, 0.717) is 5.17 Å². The van der Waals surface area contributed by atoms with Crippen LogP contribution in [0.25, 0.3) is 0 Å². The molecule has 0 saturated carbocycles. The van der Waals surface area contributed by atoms with Crippen LogP contribution >= 0.6 is 11.8 Å². The van der Waals surface area contributed by atoms with E-state index in [4.69, 9.17) is 11.1 Å². The number of thioether (sulfide) groups is 1. The second kappa shape index (κ2) is 3.98. The first-order valence-electron chi connectivity index (χ1n) is 3.18. The van der Waals surface area contributed by atoms with Gasteiger partial charge in [0.15, 0.2) is 0 Å². The molecule has 0 spiro atoms. The van der Waals surface area contributed by atoms with Gasteiger partial charge in [0.1, 0.15) is 0 Å². The summed E-state index contributed by atoms with van der Waals surface area (Å²) in [6.45, 7) is 0. The lowest BCUT2D eigenvalue weighted by atomic mass is 10.3. The highest BCUT2D eigenvalue weighted by Gasteiger charge is 1.96. The summed E-state index contributed by atoms with van der Waals surface area (Å²) < 4.78 is 0. The Morgan fingerprint density at radius 1 is 1.55 bits per heavy atom. The fourth-order valence-electron chi connectivity index (χ4n) is 0.646. The minimum atomic E-state index is 0.404. The molecular formula is C7H10N3S+. The number of aromatic nitrogens is 1. The van der Waals surface area contributed by atoms with Gasteiger partial charge in [-0.25, -0.2) is 0 Å². The van der Waals surface area contributed by atoms with Crippen LogP contribution < -0.4 is 11.1 Å². The largest absolute Gasteiger partial charge is 0.300 e. The van der Waals surface area contributed by atoms with Crippen molar-refractivity contribution in [1.29, 1.82) is 0 Å². The molecule has 0 aromatic carbocycles. The van der Waals surface area contributed by atoms with Gasteiger partial charge in [-0.3, -0.25) is 16.1 Å². The van der Waals surface area contributed by atoms with Gasteiger partial charge in [0.05, 0.1) is 0 Å². The molecule has 1 heterocycles. The number of hydrogen-bond acceptors (Lipinski definition) is 2. The smallest absolute Gasteiger partial charge is 0.282 e. The molecule has 0 aliphatic rings. The van der Waals surface area contributed by atoms with Gasteiger partial charge in [0.2, 0.25) is 0 Å². The van der Waals surface area contributed by atoms with E-state index in [9.17, 15) is 0 Å². The highest BCUT2D eigenvalue weighted by atomic mass is 32.2. The maximum atomic E-state index is 5.28. The quantitative estimate of drug-likeness (QED) is 0.457. The molecule has 0 aliphatic carbocycles. The zero-order valence-corrected chi connectivity index (χ0v) is 6.84. The van der Waals surface area contributed by atoms with Crippen LogP contribution in [-0.2, 0) is 5.75 Å². The molecule has 0 aliphatic heterocycles. The Morgan fingerprint density at radius 2 is 2.18 bits per heavy atom. The third kappa shape index (κ3) is 3.04. The summed E-state index contributed by atoms with van der Waals surface area (Å²) in [6.07, 6.45) is 3.51. The lowest BCUT2D eigenvalue weighted by Gasteiger charge is -1.94. The van der Waals surface area contributed by atoms with Crippen LogP contribution in [0.3, 0.4) is 0 Å². The van der Waals surface area contributed by atoms with Gasteiger partial charge in [-0.2, -0.15) is 0 Å². The molecule has 1 aromatic heterocycles. The molecule has 1 aromatic rings. The summed E-state index contributed by atoms with van der Waals surface area (Å²) in [5, 5.41) is 5.69. The molecular weight excluding hydrogens is 158 g/mol. The van der Waals surface area contributed by atoms with Crippen LogP contribution in [0.15, 0.2) is 24.5 Å². The van der Waals surface area contributed by atoms with Crippen LogP contribution in [0.2, 0.25) is 0 Å². The Bertz CT molecular complexity index is 235. The van der Waals surface area contributed by atoms with E-state index in [1.165, 1.54) is 17.3 Å². The fourth-order valence-corrected chi connectivity index (χ4v) is 1.17. The molecule has 4 heteroatoms. The lowest BCUT2D eigenvalue weighted by Crippen LogP contribution is -2.43. The van der Waals surface area contributed by atoms with Gasteiger partial charge < -0.3 is 0 Å². The first-order valence-corrected chi connectivity index (χ1v) is 4.17. The molecule has 0 saturated heterocycles. The van der Waals surface area contributed by atoms with Gasteiger partial charge in [-0.15, -0.1) is 0 Å². The van der Waals surface area contributed by atoms with Gasteiger partial charge in [-0.1, -0.05) is 0 Å². The van der Waals surface area contributed by atoms with Crippen LogP contribution in [0.4, 0.5) is 0 Å². The number of nitrogens with zero attached hydrogens (tertiary/aromatic N) is 1. The molecule has 0 amide bonds. The average Bonchev–Trinajstić information content (AvgIpc) is 2.03. The molecule has 0 fully saturated rings. The molecule has 0 atom stereocenters. The van der Waals surface area contributed by atoms with Crippen molar-refractivity contribution in [3.8, 4) is 0 Å². The predicted octanol–water partition coefficient (Wildman–Crippen LogP) is -0.611. The zero-order valence-electron chi connectivity index (χ0n) is 6.03. The van der Waals surface area contributed by atoms with Gasteiger partial charge in [-0.05, 0) is 29.5 Å². The van der Waals surface area contributed by atoms with Crippen LogP contribution in [0.5, 0.6) is 0 Å². The van der Waals surface area contributed by atoms with E-state index >= 15 is 0 Å². The van der Waals surface area contributed by atoms with E-state index in [1.54, 1.807) is 12.4 Å². The van der Waals surface area contributed by atoms with Crippen molar-refractivity contribution < 1.29 is 5.41 Å². The first-order chi connectivity index (χ1) is 5.29. The monoisotopic (exact) mass is 168 g/mol. The van der Waals surface area contributed by atoms with Crippen molar-refractivity contribution in [2.24, 2.45) is 5.73 Å². The number of amidine groups is 1. The highest BCUT2D eigenvalue weighted by Crippen LogP contribution is 2.08. The van der Waals surface area contributed by atoms with Crippen molar-refractivity contribution in [2.75, 3.05) is 0 Å². The Hall–Kier alpha value is -1.03. The maximum absolute atomic E-state index is 5.28. The summed E-state index contributed by atoms with van der Waals surface area (Å²) in [7, 11) is 0. The zero-order chi connectivity index (χ0) is 8.10. The van der Waals surface area contributed by atoms with E-state index in [2.05, 4.69) is 4.98 Å². The summed E-state index contributed by atoms with van der Waals surface area (Å²) in [6, 6.07) is 3.88. The Morgan fingerprint density at radius 3 is 2.73 bits per heavy atom. The molecule has 3 nitrogen and oxygen atoms in total. The van der Waals surface area contributed by atoms with Crippen LogP contribution in [0, 0.1) is 0 Å². The van der Waals surface area contributed by atoms with E-state index in [0.717, 1.165) is 5.75 Å². The van der Waals surface area contributed by atoms with Crippen molar-refractivity contribution in [1.82, 2.24) is 4.98 Å². The SMILES string of the molecule is NC(=[NH2+])SCc1ccncc1. The van der Waals surface area contributed by atoms with Gasteiger partial charge in [0.25, 0.3) is 5.17 Å². The van der Waals surface area contributed by atoms with E-state index < -0.39 is 0 Å². The molecule has 4 N–H and O–H groups in total. The minimum Gasteiger partial charge on any atom is -0.282 e. The molecule has 1 rings (SSSR count). The number of rotatable bonds is 2. The third-order valence-electron chi connectivity index (χ3n) is 1.15. The summed E-state index contributed by atoms with van der Waals surface area (Å²) in [5.74, 6) is 0.810. The van der Waals surface area contributed by atoms with Crippen molar-refractivity contribution in [3.05, 3.63) is 30.1 Å². The van der Waals surface area contributed by atoms with Crippen molar-refractivity contribution >= 4 is 16.9 Å². The molecule has 0 unspecified atom stereocenters. The van der Waals surface area contributed by atoms with Crippen molar-refractivity contribution in [3.63, 3.8) is 0 Å². The van der Waals surface area contributed by atoms with Crippen molar-refractivity contribution in [2.45, 2.75) is 5.75 Å². The number of hydrogen-bond donors (Lipinski definition) is 2. The van der Waals surface area contributed by atoms with Gasteiger partial charge in [0, 0.05) is 18.1 Å². The van der Waals surface area contributed by atoms with Gasteiger partial charge >= 0.3 is 0 Å². The summed E-state index contributed by atoms with van der Waals surface area (Å²) in [5.41, 5.74) is 6.46. The normalized spacial score (nSPS) is 9.45. The topological polar surface area (TPSA) is 64.5 Å². The standard InChI is InChI=1S/C7H9N3S/c8-7(9)11-5-6-1-3-10-4-2-6/h1-4H,5H2,(H3,8,9)/p+1. The Balaban J connectivity index is 2.45. The predicted molar refractivity (Wildman–Crippen MR) is 46.7 cm³/mol. The Labute approximate surface area is 69.5 Å². The first kappa shape index (κ1) is 8.07. The Kier molecular flexibility index (Phi) is 2.92. The van der Waals surface area contributed by atoms with Crippen LogP contribution in [0.1, 0.15) is 5.56 Å². The average molecular weight is 168 g/mol. The summed E-state index contributed by atoms with van der Waals surface area (Å²) in [4.78, 5) is 3.89. The van der Waals surface area contributed by atoms with E-state index in [-0.39, 0.29) is 0 Å². The molecule has 0 bridgehead atoms. The summed E-state index contributed by atoms with van der Waals surface area (Å²) >= 11 is 1.43. The second-order valence-corrected chi connectivity index (χ2v) is 3.10. The molecule has 11 heavy (non-hydrogen) atoms. The highest BCUT2D eigenvalue weighted by molar-refractivity contribution is 8.12. The lowest BCUT2D eigenvalue weighted by molar-refractivity contribution is -0.110. The molecule has 58 valence electrons. The third-order valence-corrected chi connectivity index (χ3v) is 1.97. The van der Waals surface area contributed by atoms with E-state index in [1.807, 2.05) is 12.1 Å². The second-order valence-electron chi connectivity index (χ2n) is 2.05. The number of pyridine rings is 1.